The number of hydrogen-bond donors (Lipinski definition) is 1. The fourth-order valence-corrected chi connectivity index (χ4v) is 1.63. The van der Waals surface area contributed by atoms with Gasteiger partial charge in [0, 0.05) is 1.43 Å². The van der Waals surface area contributed by atoms with Crippen molar-refractivity contribution in [1.82, 2.24) is 5.32 Å². The molecule has 14 heavy (non-hydrogen) atoms. The molecule has 0 aliphatic heterocycles. The summed E-state index contributed by atoms with van der Waals surface area (Å²) in [5.41, 5.74) is 1.47. The molecule has 1 aromatic carbocycles. The molecule has 0 aliphatic rings. The third-order valence-corrected chi connectivity index (χ3v) is 2.49. The van der Waals surface area contributed by atoms with Gasteiger partial charge in [-0.15, -0.1) is 0 Å². The SMILES string of the molecule is CNCCCCCCc1ccccc1.[HH]. The second-order valence-corrected chi connectivity index (χ2v) is 3.75. The number of nitrogens with one attached hydrogen (secondary N) is 1. The molecule has 0 atom stereocenters. The van der Waals surface area contributed by atoms with E-state index in [0.717, 1.165) is 6.54 Å². The van der Waals surface area contributed by atoms with E-state index >= 15 is 0 Å². The first-order valence-corrected chi connectivity index (χ1v) is 5.62. The summed E-state index contributed by atoms with van der Waals surface area (Å²) in [5, 5.41) is 3.18. The standard InChI is InChI=1S/C13H21N.H2/c1-14-12-8-3-2-5-9-13-10-6-4-7-11-13;/h4,6-7,10-11,14H,2-3,5,8-9,12H2,1H3;1H. The zero-order chi connectivity index (χ0) is 10.1. The Bertz CT molecular complexity index is 223. The van der Waals surface area contributed by atoms with Crippen molar-refractivity contribution in [3.63, 3.8) is 0 Å². The Balaban J connectivity index is 0.00000196. The average molecular weight is 193 g/mol. The highest BCUT2D eigenvalue weighted by molar-refractivity contribution is 5.14. The van der Waals surface area contributed by atoms with E-state index in [1.807, 2.05) is 7.05 Å². The zero-order valence-electron chi connectivity index (χ0n) is 9.13. The maximum Gasteiger partial charge on any atom is 0 e. The number of rotatable bonds is 7. The summed E-state index contributed by atoms with van der Waals surface area (Å²) in [6.45, 7) is 1.16. The first kappa shape index (κ1) is 11.3. The highest BCUT2D eigenvalue weighted by Crippen LogP contribution is 2.06. The van der Waals surface area contributed by atoms with Crippen molar-refractivity contribution < 1.29 is 1.43 Å². The Hall–Kier alpha value is -0.820. The molecule has 0 saturated carbocycles. The van der Waals surface area contributed by atoms with Gasteiger partial charge >= 0.3 is 0 Å². The van der Waals surface area contributed by atoms with E-state index < -0.39 is 0 Å². The Morgan fingerprint density at radius 3 is 2.43 bits per heavy atom. The van der Waals surface area contributed by atoms with Crippen LogP contribution >= 0.6 is 0 Å². The quantitative estimate of drug-likeness (QED) is 0.655. The third-order valence-electron chi connectivity index (χ3n) is 2.49. The molecule has 0 aromatic heterocycles. The van der Waals surface area contributed by atoms with Crippen molar-refractivity contribution in [2.24, 2.45) is 0 Å². The van der Waals surface area contributed by atoms with Crippen molar-refractivity contribution in [1.29, 1.82) is 0 Å². The summed E-state index contributed by atoms with van der Waals surface area (Å²) in [5.74, 6) is 0. The zero-order valence-corrected chi connectivity index (χ0v) is 9.13. The molecule has 0 aliphatic carbocycles. The van der Waals surface area contributed by atoms with Crippen LogP contribution in [-0.4, -0.2) is 13.6 Å². The number of benzene rings is 1. The van der Waals surface area contributed by atoms with Gasteiger partial charge in [0.15, 0.2) is 0 Å². The highest BCUT2D eigenvalue weighted by atomic mass is 14.8. The van der Waals surface area contributed by atoms with Crippen molar-refractivity contribution in [3.8, 4) is 0 Å². The molecule has 0 bridgehead atoms. The van der Waals surface area contributed by atoms with E-state index in [2.05, 4.69) is 35.6 Å². The Morgan fingerprint density at radius 1 is 1.00 bits per heavy atom. The smallest absolute Gasteiger partial charge is 0 e. The van der Waals surface area contributed by atoms with Crippen molar-refractivity contribution in [2.75, 3.05) is 13.6 Å². The fourth-order valence-electron chi connectivity index (χ4n) is 1.63. The molecule has 0 saturated heterocycles. The normalized spacial score (nSPS) is 10.4. The lowest BCUT2D eigenvalue weighted by Gasteiger charge is -2.01. The summed E-state index contributed by atoms with van der Waals surface area (Å²) >= 11 is 0. The summed E-state index contributed by atoms with van der Waals surface area (Å²) < 4.78 is 0. The molecule has 0 fully saturated rings. The summed E-state index contributed by atoms with van der Waals surface area (Å²) in [7, 11) is 2.02. The molecule has 80 valence electrons. The van der Waals surface area contributed by atoms with E-state index in [0.29, 0.717) is 0 Å². The van der Waals surface area contributed by atoms with Crippen LogP contribution < -0.4 is 5.32 Å². The van der Waals surface area contributed by atoms with Crippen molar-refractivity contribution in [3.05, 3.63) is 35.9 Å². The summed E-state index contributed by atoms with van der Waals surface area (Å²) in [6.07, 6.45) is 6.59. The third kappa shape index (κ3) is 5.03. The second-order valence-electron chi connectivity index (χ2n) is 3.75. The van der Waals surface area contributed by atoms with Gasteiger partial charge in [0.2, 0.25) is 0 Å². The van der Waals surface area contributed by atoms with Crippen LogP contribution in [0, 0.1) is 0 Å². The first-order chi connectivity index (χ1) is 6.93. The molecule has 1 nitrogen and oxygen atoms in total. The van der Waals surface area contributed by atoms with Gasteiger partial charge in [-0.3, -0.25) is 0 Å². The monoisotopic (exact) mass is 193 g/mol. The maximum absolute atomic E-state index is 3.18. The average Bonchev–Trinajstić information content (AvgIpc) is 2.25. The van der Waals surface area contributed by atoms with E-state index in [-0.39, 0.29) is 1.43 Å². The molecule has 1 heteroatoms. The molecule has 1 rings (SSSR count). The van der Waals surface area contributed by atoms with Crippen LogP contribution in [0.15, 0.2) is 30.3 Å². The van der Waals surface area contributed by atoms with E-state index in [4.69, 9.17) is 0 Å². The fraction of sp³-hybridized carbons (Fsp3) is 0.538. The van der Waals surface area contributed by atoms with Crippen LogP contribution in [0.2, 0.25) is 0 Å². The van der Waals surface area contributed by atoms with E-state index in [1.165, 1.54) is 37.7 Å². The van der Waals surface area contributed by atoms with Gasteiger partial charge in [-0.2, -0.15) is 0 Å². The van der Waals surface area contributed by atoms with Crippen LogP contribution in [0.25, 0.3) is 0 Å². The van der Waals surface area contributed by atoms with Gasteiger partial charge in [0.25, 0.3) is 0 Å². The van der Waals surface area contributed by atoms with Gasteiger partial charge in [0.1, 0.15) is 0 Å². The Morgan fingerprint density at radius 2 is 1.71 bits per heavy atom. The number of hydrogen-bond acceptors (Lipinski definition) is 1. The van der Waals surface area contributed by atoms with E-state index in [9.17, 15) is 0 Å². The minimum atomic E-state index is 0. The minimum Gasteiger partial charge on any atom is -0.320 e. The molecule has 0 spiro atoms. The van der Waals surface area contributed by atoms with Gasteiger partial charge < -0.3 is 5.32 Å². The van der Waals surface area contributed by atoms with E-state index in [1.54, 1.807) is 0 Å². The number of unbranched alkanes of at least 4 members (excludes halogenated alkanes) is 3. The van der Waals surface area contributed by atoms with Crippen molar-refractivity contribution in [2.45, 2.75) is 32.1 Å². The predicted molar refractivity (Wildman–Crippen MR) is 64.7 cm³/mol. The topological polar surface area (TPSA) is 12.0 Å². The van der Waals surface area contributed by atoms with Crippen LogP contribution in [0.4, 0.5) is 0 Å². The minimum absolute atomic E-state index is 0. The van der Waals surface area contributed by atoms with Gasteiger partial charge in [-0.05, 0) is 38.4 Å². The molecule has 1 aromatic rings. The first-order valence-electron chi connectivity index (χ1n) is 5.62. The summed E-state index contributed by atoms with van der Waals surface area (Å²) in [4.78, 5) is 0. The molecular weight excluding hydrogens is 170 g/mol. The van der Waals surface area contributed by atoms with Crippen LogP contribution in [0.3, 0.4) is 0 Å². The van der Waals surface area contributed by atoms with Gasteiger partial charge in [-0.25, -0.2) is 0 Å². The maximum atomic E-state index is 3.18. The molecule has 0 unspecified atom stereocenters. The second kappa shape index (κ2) is 7.57. The van der Waals surface area contributed by atoms with Crippen molar-refractivity contribution >= 4 is 0 Å². The molecule has 0 radical (unpaired) electrons. The summed E-state index contributed by atoms with van der Waals surface area (Å²) in [6, 6.07) is 10.8. The number of aryl methyl sites for hydroxylation is 1. The van der Waals surface area contributed by atoms with Gasteiger partial charge in [0.05, 0.1) is 0 Å². The lowest BCUT2D eigenvalue weighted by Crippen LogP contribution is -2.06. The molecule has 0 amide bonds. The molecule has 0 heterocycles. The van der Waals surface area contributed by atoms with Gasteiger partial charge in [-0.1, -0.05) is 43.2 Å². The lowest BCUT2D eigenvalue weighted by atomic mass is 10.1. The van der Waals surface area contributed by atoms with Crippen LogP contribution in [0.1, 0.15) is 32.7 Å². The molecular formula is C13H23N. The van der Waals surface area contributed by atoms with Crippen LogP contribution in [-0.2, 0) is 6.42 Å². The highest BCUT2D eigenvalue weighted by Gasteiger charge is 1.92. The lowest BCUT2D eigenvalue weighted by molar-refractivity contribution is 0.616. The largest absolute Gasteiger partial charge is 0.320 e. The molecule has 1 N–H and O–H groups in total. The Labute approximate surface area is 89.0 Å². The van der Waals surface area contributed by atoms with Crippen LogP contribution in [0.5, 0.6) is 0 Å². The predicted octanol–water partition coefficient (Wildman–Crippen LogP) is 3.25. The Kier molecular flexibility index (Phi) is 6.09.